The van der Waals surface area contributed by atoms with Gasteiger partial charge >= 0.3 is 0 Å². The number of likely N-dealkylation sites (tertiary alicyclic amines) is 1. The molecule has 0 aromatic heterocycles. The summed E-state index contributed by atoms with van der Waals surface area (Å²) in [6.07, 6.45) is 5.95. The molecule has 2 atom stereocenters. The summed E-state index contributed by atoms with van der Waals surface area (Å²) < 4.78 is 0. The average Bonchev–Trinajstić information content (AvgIpc) is 3.12. The summed E-state index contributed by atoms with van der Waals surface area (Å²) in [5.74, 6) is 1.41. The number of hydrogen-bond acceptors (Lipinski definition) is 1. The van der Waals surface area contributed by atoms with E-state index in [2.05, 4.69) is 36.1 Å². The summed E-state index contributed by atoms with van der Waals surface area (Å²) in [7, 11) is 0. The summed E-state index contributed by atoms with van der Waals surface area (Å²) in [6, 6.07) is 8.94. The lowest BCUT2D eigenvalue weighted by Crippen LogP contribution is -2.45. The van der Waals surface area contributed by atoms with E-state index in [-0.39, 0.29) is 0 Å². The first-order valence-electron chi connectivity index (χ1n) is 8.07. The first-order valence-corrected chi connectivity index (χ1v) is 8.07. The number of amides is 1. The van der Waals surface area contributed by atoms with E-state index in [4.69, 9.17) is 0 Å². The predicted molar refractivity (Wildman–Crippen MR) is 79.5 cm³/mol. The van der Waals surface area contributed by atoms with Crippen LogP contribution in [0.1, 0.15) is 43.7 Å². The Morgan fingerprint density at radius 3 is 2.60 bits per heavy atom. The molecule has 1 saturated carbocycles. The van der Waals surface area contributed by atoms with Crippen molar-refractivity contribution in [3.63, 3.8) is 0 Å². The van der Waals surface area contributed by atoms with Gasteiger partial charge < -0.3 is 4.90 Å². The van der Waals surface area contributed by atoms with Gasteiger partial charge in [-0.15, -0.1) is 0 Å². The third-order valence-corrected chi connectivity index (χ3v) is 5.92. The van der Waals surface area contributed by atoms with E-state index in [1.165, 1.54) is 12.8 Å². The van der Waals surface area contributed by atoms with Crippen molar-refractivity contribution in [2.45, 2.75) is 44.4 Å². The van der Waals surface area contributed by atoms with E-state index in [0.29, 0.717) is 23.2 Å². The predicted octanol–water partition coefficient (Wildman–Crippen LogP) is 3.15. The monoisotopic (exact) mass is 269 g/mol. The van der Waals surface area contributed by atoms with Gasteiger partial charge in [-0.05, 0) is 54.6 Å². The molecule has 20 heavy (non-hydrogen) atoms. The fourth-order valence-electron chi connectivity index (χ4n) is 4.34. The fraction of sp³-hybridized carbons (Fsp3) is 0.611. The average molecular weight is 269 g/mol. The SMILES string of the molecule is CC1CC1C(=O)N1CCC2(CCc3ccccc32)CC1. The summed E-state index contributed by atoms with van der Waals surface area (Å²) in [6.45, 7) is 4.13. The van der Waals surface area contributed by atoms with E-state index in [1.807, 2.05) is 0 Å². The van der Waals surface area contributed by atoms with Crippen LogP contribution in [0.4, 0.5) is 0 Å². The van der Waals surface area contributed by atoms with Crippen LogP contribution in [0, 0.1) is 11.8 Å². The number of rotatable bonds is 1. The topological polar surface area (TPSA) is 20.3 Å². The van der Waals surface area contributed by atoms with E-state index in [9.17, 15) is 4.79 Å². The summed E-state index contributed by atoms with van der Waals surface area (Å²) in [5, 5.41) is 0. The fourth-order valence-corrected chi connectivity index (χ4v) is 4.34. The number of fused-ring (bicyclic) bond motifs is 2. The third-order valence-electron chi connectivity index (χ3n) is 5.92. The highest BCUT2D eigenvalue weighted by Crippen LogP contribution is 2.47. The second-order valence-corrected chi connectivity index (χ2v) is 7.08. The Labute approximate surface area is 121 Å². The van der Waals surface area contributed by atoms with Crippen molar-refractivity contribution in [2.75, 3.05) is 13.1 Å². The molecule has 106 valence electrons. The molecule has 2 unspecified atom stereocenters. The number of carbonyl (C=O) groups excluding carboxylic acids is 1. The zero-order valence-electron chi connectivity index (χ0n) is 12.3. The van der Waals surface area contributed by atoms with Crippen LogP contribution in [-0.4, -0.2) is 23.9 Å². The van der Waals surface area contributed by atoms with Crippen LogP contribution in [-0.2, 0) is 16.6 Å². The minimum atomic E-state index is 0.347. The normalized spacial score (nSPS) is 30.4. The highest BCUT2D eigenvalue weighted by atomic mass is 16.2. The lowest BCUT2D eigenvalue weighted by atomic mass is 9.74. The van der Waals surface area contributed by atoms with Crippen molar-refractivity contribution >= 4 is 5.91 Å². The molecule has 1 aliphatic heterocycles. The minimum absolute atomic E-state index is 0.347. The van der Waals surface area contributed by atoms with Crippen molar-refractivity contribution in [1.29, 1.82) is 0 Å². The highest BCUT2D eigenvalue weighted by Gasteiger charge is 2.45. The highest BCUT2D eigenvalue weighted by molar-refractivity contribution is 5.81. The van der Waals surface area contributed by atoms with Gasteiger partial charge in [-0.3, -0.25) is 4.79 Å². The minimum Gasteiger partial charge on any atom is -0.342 e. The van der Waals surface area contributed by atoms with Crippen molar-refractivity contribution in [1.82, 2.24) is 4.90 Å². The smallest absolute Gasteiger partial charge is 0.225 e. The van der Waals surface area contributed by atoms with Gasteiger partial charge in [0.05, 0.1) is 0 Å². The molecule has 0 bridgehead atoms. The van der Waals surface area contributed by atoms with Crippen molar-refractivity contribution in [2.24, 2.45) is 11.8 Å². The second-order valence-electron chi connectivity index (χ2n) is 7.08. The van der Waals surface area contributed by atoms with E-state index < -0.39 is 0 Å². The van der Waals surface area contributed by atoms with E-state index in [0.717, 1.165) is 32.4 Å². The Morgan fingerprint density at radius 1 is 1.20 bits per heavy atom. The van der Waals surface area contributed by atoms with Gasteiger partial charge in [0.1, 0.15) is 0 Å². The molecule has 0 radical (unpaired) electrons. The number of hydrogen-bond donors (Lipinski definition) is 0. The Morgan fingerprint density at radius 2 is 1.90 bits per heavy atom. The maximum absolute atomic E-state index is 12.3. The van der Waals surface area contributed by atoms with Crippen LogP contribution in [0.15, 0.2) is 24.3 Å². The van der Waals surface area contributed by atoms with Crippen molar-refractivity contribution in [3.05, 3.63) is 35.4 Å². The molecule has 1 amide bonds. The molecule has 1 spiro atoms. The molecular formula is C18H23NO. The zero-order chi connectivity index (χ0) is 13.7. The quantitative estimate of drug-likeness (QED) is 0.767. The lowest BCUT2D eigenvalue weighted by molar-refractivity contribution is -0.134. The Hall–Kier alpha value is -1.31. The van der Waals surface area contributed by atoms with Crippen LogP contribution < -0.4 is 0 Å². The van der Waals surface area contributed by atoms with E-state index >= 15 is 0 Å². The molecule has 3 aliphatic rings. The Balaban J connectivity index is 1.49. The number of piperidine rings is 1. The number of nitrogens with zero attached hydrogens (tertiary/aromatic N) is 1. The van der Waals surface area contributed by atoms with Crippen LogP contribution in [0.3, 0.4) is 0 Å². The van der Waals surface area contributed by atoms with Gasteiger partial charge in [-0.1, -0.05) is 31.2 Å². The molecule has 2 heteroatoms. The number of benzene rings is 1. The van der Waals surface area contributed by atoms with Gasteiger partial charge in [0.2, 0.25) is 5.91 Å². The summed E-state index contributed by atoms with van der Waals surface area (Å²) in [5.41, 5.74) is 3.50. The zero-order valence-corrected chi connectivity index (χ0v) is 12.3. The largest absolute Gasteiger partial charge is 0.342 e. The molecule has 1 aromatic carbocycles. The second kappa shape index (κ2) is 4.34. The van der Waals surface area contributed by atoms with Crippen LogP contribution >= 0.6 is 0 Å². The first kappa shape index (κ1) is 12.4. The molecular weight excluding hydrogens is 246 g/mol. The van der Waals surface area contributed by atoms with E-state index in [1.54, 1.807) is 11.1 Å². The van der Waals surface area contributed by atoms with Gasteiger partial charge in [0, 0.05) is 19.0 Å². The first-order chi connectivity index (χ1) is 9.70. The van der Waals surface area contributed by atoms with Crippen LogP contribution in [0.5, 0.6) is 0 Å². The van der Waals surface area contributed by atoms with Crippen LogP contribution in [0.2, 0.25) is 0 Å². The molecule has 1 heterocycles. The summed E-state index contributed by atoms with van der Waals surface area (Å²) in [4.78, 5) is 14.5. The van der Waals surface area contributed by atoms with Gasteiger partial charge in [-0.25, -0.2) is 0 Å². The lowest BCUT2D eigenvalue weighted by Gasteiger charge is -2.40. The number of aryl methyl sites for hydroxylation is 1. The molecule has 0 N–H and O–H groups in total. The molecule has 1 saturated heterocycles. The van der Waals surface area contributed by atoms with Gasteiger partial charge in [0.25, 0.3) is 0 Å². The van der Waals surface area contributed by atoms with Crippen molar-refractivity contribution < 1.29 is 4.79 Å². The molecule has 1 aromatic rings. The van der Waals surface area contributed by atoms with Crippen LogP contribution in [0.25, 0.3) is 0 Å². The number of carbonyl (C=O) groups is 1. The molecule has 4 rings (SSSR count). The maximum atomic E-state index is 12.3. The Bertz CT molecular complexity index is 542. The molecule has 2 aliphatic carbocycles. The maximum Gasteiger partial charge on any atom is 0.225 e. The Kier molecular flexibility index (Phi) is 2.70. The van der Waals surface area contributed by atoms with Crippen molar-refractivity contribution in [3.8, 4) is 0 Å². The molecule has 2 fully saturated rings. The third kappa shape index (κ3) is 1.81. The molecule has 2 nitrogen and oxygen atoms in total. The summed E-state index contributed by atoms with van der Waals surface area (Å²) >= 11 is 0. The standard InChI is InChI=1S/C18H23NO/c1-13-12-15(13)17(20)19-10-8-18(9-11-19)7-6-14-4-2-3-5-16(14)18/h2-5,13,15H,6-12H2,1H3. The van der Waals surface area contributed by atoms with Gasteiger partial charge in [-0.2, -0.15) is 0 Å². The van der Waals surface area contributed by atoms with Gasteiger partial charge in [0.15, 0.2) is 0 Å².